The zero-order valence-electron chi connectivity index (χ0n) is 10.8. The van der Waals surface area contributed by atoms with Crippen molar-refractivity contribution in [3.8, 4) is 0 Å². The van der Waals surface area contributed by atoms with E-state index in [-0.39, 0.29) is 0 Å². The predicted octanol–water partition coefficient (Wildman–Crippen LogP) is 2.09. The third kappa shape index (κ3) is 4.81. The molecule has 0 heterocycles. The summed E-state index contributed by atoms with van der Waals surface area (Å²) in [6.45, 7) is 6.35. The van der Waals surface area contributed by atoms with E-state index < -0.39 is 5.60 Å². The van der Waals surface area contributed by atoms with Crippen LogP contribution < -0.4 is 5.32 Å². The van der Waals surface area contributed by atoms with Gasteiger partial charge in [-0.3, -0.25) is 0 Å². The molecule has 0 bridgehead atoms. The van der Waals surface area contributed by atoms with Crippen LogP contribution in [0, 0.1) is 0 Å². The van der Waals surface area contributed by atoms with Crippen molar-refractivity contribution >= 4 is 0 Å². The molecule has 0 unspecified atom stereocenters. The molecule has 0 aliphatic heterocycles. The molecule has 3 nitrogen and oxygen atoms in total. The van der Waals surface area contributed by atoms with Crippen molar-refractivity contribution < 1.29 is 9.84 Å². The lowest BCUT2D eigenvalue weighted by Gasteiger charge is -2.25. The number of aliphatic hydroxyl groups is 1. The first-order valence-corrected chi connectivity index (χ1v) is 6.75. The van der Waals surface area contributed by atoms with Crippen LogP contribution in [0.3, 0.4) is 0 Å². The Morgan fingerprint density at radius 1 is 1.25 bits per heavy atom. The quantitative estimate of drug-likeness (QED) is 0.626. The Kier molecular flexibility index (Phi) is 6.32. The van der Waals surface area contributed by atoms with Gasteiger partial charge in [-0.25, -0.2) is 0 Å². The molecular weight excluding hydrogens is 202 g/mol. The summed E-state index contributed by atoms with van der Waals surface area (Å²) in [7, 11) is 0. The summed E-state index contributed by atoms with van der Waals surface area (Å²) in [4.78, 5) is 0. The van der Waals surface area contributed by atoms with Gasteiger partial charge in [0, 0.05) is 13.1 Å². The summed E-state index contributed by atoms with van der Waals surface area (Å²) in [5.41, 5.74) is -0.534. The minimum atomic E-state index is -0.534. The molecule has 0 aromatic rings. The summed E-state index contributed by atoms with van der Waals surface area (Å²) in [6, 6.07) is 0. The molecule has 1 fully saturated rings. The van der Waals surface area contributed by atoms with Crippen molar-refractivity contribution in [2.75, 3.05) is 19.7 Å². The van der Waals surface area contributed by atoms with Gasteiger partial charge < -0.3 is 15.2 Å². The first kappa shape index (κ1) is 13.9. The fraction of sp³-hybridized carbons (Fsp3) is 1.00. The van der Waals surface area contributed by atoms with Crippen LogP contribution in [0.25, 0.3) is 0 Å². The minimum absolute atomic E-state index is 0.498. The molecular formula is C13H27NO2. The van der Waals surface area contributed by atoms with Crippen LogP contribution in [0.1, 0.15) is 52.4 Å². The highest BCUT2D eigenvalue weighted by Crippen LogP contribution is 2.20. The van der Waals surface area contributed by atoms with Crippen LogP contribution in [0.4, 0.5) is 0 Å². The largest absolute Gasteiger partial charge is 0.389 e. The minimum Gasteiger partial charge on any atom is -0.389 e. The molecule has 0 atom stereocenters. The van der Waals surface area contributed by atoms with Crippen molar-refractivity contribution in [1.29, 1.82) is 0 Å². The van der Waals surface area contributed by atoms with E-state index in [9.17, 15) is 5.11 Å². The SMILES string of the molecule is CCC(O)(CC)CNCCOC1CCCC1. The van der Waals surface area contributed by atoms with Gasteiger partial charge in [-0.1, -0.05) is 26.7 Å². The molecule has 1 rings (SSSR count). The molecule has 2 N–H and O–H groups in total. The van der Waals surface area contributed by atoms with Crippen LogP contribution in [-0.2, 0) is 4.74 Å². The molecule has 0 saturated heterocycles. The van der Waals surface area contributed by atoms with Crippen LogP contribution in [-0.4, -0.2) is 36.5 Å². The molecule has 16 heavy (non-hydrogen) atoms. The zero-order chi connectivity index (χ0) is 11.9. The molecule has 0 aromatic carbocycles. The van der Waals surface area contributed by atoms with E-state index in [0.717, 1.165) is 26.0 Å². The molecule has 0 amide bonds. The van der Waals surface area contributed by atoms with E-state index in [4.69, 9.17) is 4.74 Å². The van der Waals surface area contributed by atoms with Crippen LogP contribution in [0.5, 0.6) is 0 Å². The van der Waals surface area contributed by atoms with E-state index >= 15 is 0 Å². The molecule has 0 aromatic heterocycles. The zero-order valence-corrected chi connectivity index (χ0v) is 10.8. The second-order valence-corrected chi connectivity index (χ2v) is 4.89. The van der Waals surface area contributed by atoms with Gasteiger partial charge in [0.2, 0.25) is 0 Å². The molecule has 0 spiro atoms. The van der Waals surface area contributed by atoms with Gasteiger partial charge >= 0.3 is 0 Å². The standard InChI is InChI=1S/C13H27NO2/c1-3-13(15,4-2)11-14-9-10-16-12-7-5-6-8-12/h12,14-15H,3-11H2,1-2H3. The average Bonchev–Trinajstić information content (AvgIpc) is 2.81. The summed E-state index contributed by atoms with van der Waals surface area (Å²) in [6.07, 6.45) is 7.22. The van der Waals surface area contributed by atoms with Gasteiger partial charge in [0.1, 0.15) is 0 Å². The maximum absolute atomic E-state index is 10.0. The number of rotatable bonds is 8. The Bertz CT molecular complexity index is 175. The van der Waals surface area contributed by atoms with E-state index in [2.05, 4.69) is 5.32 Å². The van der Waals surface area contributed by atoms with Crippen molar-refractivity contribution in [3.05, 3.63) is 0 Å². The van der Waals surface area contributed by atoms with Gasteiger partial charge in [0.15, 0.2) is 0 Å². The van der Waals surface area contributed by atoms with Crippen molar-refractivity contribution in [1.82, 2.24) is 5.32 Å². The Morgan fingerprint density at radius 2 is 1.88 bits per heavy atom. The van der Waals surface area contributed by atoms with Gasteiger partial charge in [-0.15, -0.1) is 0 Å². The first-order chi connectivity index (χ1) is 7.70. The molecule has 3 heteroatoms. The van der Waals surface area contributed by atoms with Crippen LogP contribution >= 0.6 is 0 Å². The third-order valence-electron chi connectivity index (χ3n) is 3.70. The average molecular weight is 229 g/mol. The molecule has 0 radical (unpaired) electrons. The van der Waals surface area contributed by atoms with Crippen molar-refractivity contribution in [2.45, 2.75) is 64.1 Å². The van der Waals surface area contributed by atoms with Gasteiger partial charge in [0.25, 0.3) is 0 Å². The fourth-order valence-corrected chi connectivity index (χ4v) is 2.17. The Balaban J connectivity index is 1.98. The second-order valence-electron chi connectivity index (χ2n) is 4.89. The van der Waals surface area contributed by atoms with Gasteiger partial charge in [-0.05, 0) is 25.7 Å². The van der Waals surface area contributed by atoms with E-state index in [1.807, 2.05) is 13.8 Å². The third-order valence-corrected chi connectivity index (χ3v) is 3.70. The second kappa shape index (κ2) is 7.25. The molecule has 1 saturated carbocycles. The first-order valence-electron chi connectivity index (χ1n) is 6.75. The van der Waals surface area contributed by atoms with E-state index in [1.165, 1.54) is 25.7 Å². The number of ether oxygens (including phenoxy) is 1. The van der Waals surface area contributed by atoms with Crippen LogP contribution in [0.2, 0.25) is 0 Å². The predicted molar refractivity (Wildman–Crippen MR) is 66.6 cm³/mol. The summed E-state index contributed by atoms with van der Waals surface area (Å²) < 4.78 is 5.74. The highest BCUT2D eigenvalue weighted by Gasteiger charge is 2.21. The summed E-state index contributed by atoms with van der Waals surface area (Å²) in [5, 5.41) is 13.3. The number of nitrogens with one attached hydrogen (secondary N) is 1. The molecule has 1 aliphatic carbocycles. The fourth-order valence-electron chi connectivity index (χ4n) is 2.17. The lowest BCUT2D eigenvalue weighted by atomic mass is 9.98. The maximum atomic E-state index is 10.0. The highest BCUT2D eigenvalue weighted by molar-refractivity contribution is 4.77. The molecule has 96 valence electrons. The normalized spacial score (nSPS) is 18.2. The maximum Gasteiger partial charge on any atom is 0.0766 e. The summed E-state index contributed by atoms with van der Waals surface area (Å²) in [5.74, 6) is 0. The Labute approximate surface area is 99.6 Å². The Morgan fingerprint density at radius 3 is 2.44 bits per heavy atom. The van der Waals surface area contributed by atoms with Crippen molar-refractivity contribution in [3.63, 3.8) is 0 Å². The Hall–Kier alpha value is -0.120. The monoisotopic (exact) mass is 229 g/mol. The van der Waals surface area contributed by atoms with E-state index in [0.29, 0.717) is 12.6 Å². The van der Waals surface area contributed by atoms with Gasteiger partial charge in [-0.2, -0.15) is 0 Å². The van der Waals surface area contributed by atoms with Gasteiger partial charge in [0.05, 0.1) is 18.3 Å². The van der Waals surface area contributed by atoms with Crippen molar-refractivity contribution in [2.24, 2.45) is 0 Å². The molecule has 1 aliphatic rings. The lowest BCUT2D eigenvalue weighted by Crippen LogP contribution is -2.40. The summed E-state index contributed by atoms with van der Waals surface area (Å²) >= 11 is 0. The highest BCUT2D eigenvalue weighted by atomic mass is 16.5. The smallest absolute Gasteiger partial charge is 0.0766 e. The van der Waals surface area contributed by atoms with Crippen LogP contribution in [0.15, 0.2) is 0 Å². The number of hydrogen-bond acceptors (Lipinski definition) is 3. The van der Waals surface area contributed by atoms with E-state index in [1.54, 1.807) is 0 Å². The number of hydrogen-bond donors (Lipinski definition) is 2. The topological polar surface area (TPSA) is 41.5 Å². The lowest BCUT2D eigenvalue weighted by molar-refractivity contribution is 0.0253.